The summed E-state index contributed by atoms with van der Waals surface area (Å²) in [5.74, 6) is -1.28. The van der Waals surface area contributed by atoms with Crippen molar-refractivity contribution in [2.45, 2.75) is 58.3 Å². The standard InChI is InChI=1S/C14H19NO8/c1-6-15-11-13(22-9(4)18)12(21-8(3)17)10(5-19-7(2)16)23-14(11)20-6/h10-14H,5H2,1-4H3/t10-,11-,12+,13+,14-/m0/s1. The second kappa shape index (κ2) is 6.95. The normalized spacial score (nSPS) is 32.2. The number of rotatable bonds is 4. The average molecular weight is 329 g/mol. The number of aliphatic imine (C=N–C) groups is 1. The minimum absolute atomic E-state index is 0.170. The van der Waals surface area contributed by atoms with Crippen molar-refractivity contribution in [2.24, 2.45) is 4.99 Å². The number of ether oxygens (including phenoxy) is 5. The third-order valence-electron chi connectivity index (χ3n) is 3.29. The molecule has 2 aliphatic heterocycles. The highest BCUT2D eigenvalue weighted by Crippen LogP contribution is 2.32. The van der Waals surface area contributed by atoms with Crippen molar-refractivity contribution < 1.29 is 38.1 Å². The third-order valence-corrected chi connectivity index (χ3v) is 3.29. The number of esters is 3. The summed E-state index contributed by atoms with van der Waals surface area (Å²) in [6.07, 6.45) is -3.50. The summed E-state index contributed by atoms with van der Waals surface area (Å²) in [7, 11) is 0. The smallest absolute Gasteiger partial charge is 0.303 e. The lowest BCUT2D eigenvalue weighted by atomic mass is 9.97. The van der Waals surface area contributed by atoms with Gasteiger partial charge in [-0.25, -0.2) is 4.99 Å². The fourth-order valence-corrected chi connectivity index (χ4v) is 2.53. The van der Waals surface area contributed by atoms with Crippen molar-refractivity contribution in [3.63, 3.8) is 0 Å². The van der Waals surface area contributed by atoms with Crippen molar-refractivity contribution in [2.75, 3.05) is 6.61 Å². The van der Waals surface area contributed by atoms with Gasteiger partial charge in [0.25, 0.3) is 0 Å². The van der Waals surface area contributed by atoms with Crippen molar-refractivity contribution in [3.8, 4) is 0 Å². The van der Waals surface area contributed by atoms with E-state index in [1.54, 1.807) is 6.92 Å². The summed E-state index contributed by atoms with van der Waals surface area (Å²) in [5.41, 5.74) is 0. The van der Waals surface area contributed by atoms with E-state index in [9.17, 15) is 14.4 Å². The number of carbonyl (C=O) groups excluding carboxylic acids is 3. The molecule has 2 heterocycles. The highest BCUT2D eigenvalue weighted by Gasteiger charge is 2.53. The van der Waals surface area contributed by atoms with Crippen molar-refractivity contribution in [1.82, 2.24) is 0 Å². The SMILES string of the molecule is CC(=O)OC[C@@H]1O[C@@H]2OC(C)=N[C@H]2[C@@H](OC(C)=O)[C@@H]1OC(C)=O. The zero-order valence-electron chi connectivity index (χ0n) is 13.3. The lowest BCUT2D eigenvalue weighted by Crippen LogP contribution is -2.60. The van der Waals surface area contributed by atoms with E-state index in [1.165, 1.54) is 20.8 Å². The van der Waals surface area contributed by atoms with Gasteiger partial charge in [-0.1, -0.05) is 0 Å². The fourth-order valence-electron chi connectivity index (χ4n) is 2.53. The zero-order valence-corrected chi connectivity index (χ0v) is 13.3. The predicted molar refractivity (Wildman–Crippen MR) is 74.4 cm³/mol. The van der Waals surface area contributed by atoms with E-state index < -0.39 is 48.6 Å². The number of carbonyl (C=O) groups is 3. The first-order chi connectivity index (χ1) is 10.8. The predicted octanol–water partition coefficient (Wildman–Crippen LogP) is -0.0450. The highest BCUT2D eigenvalue weighted by molar-refractivity contribution is 5.75. The number of nitrogens with zero attached hydrogens (tertiary/aromatic N) is 1. The van der Waals surface area contributed by atoms with Crippen LogP contribution in [0.3, 0.4) is 0 Å². The molecule has 0 amide bonds. The molecule has 1 fully saturated rings. The van der Waals surface area contributed by atoms with Crippen LogP contribution in [-0.2, 0) is 38.1 Å². The van der Waals surface area contributed by atoms with Gasteiger partial charge in [0.1, 0.15) is 12.7 Å². The molecule has 0 saturated carbocycles. The van der Waals surface area contributed by atoms with Crippen molar-refractivity contribution in [3.05, 3.63) is 0 Å². The average Bonchev–Trinajstić information content (AvgIpc) is 2.78. The molecule has 23 heavy (non-hydrogen) atoms. The molecule has 0 aromatic heterocycles. The molecule has 0 aromatic rings. The van der Waals surface area contributed by atoms with Gasteiger partial charge in [0, 0.05) is 27.7 Å². The largest absolute Gasteiger partial charge is 0.463 e. The van der Waals surface area contributed by atoms with Crippen LogP contribution in [0.4, 0.5) is 0 Å². The van der Waals surface area contributed by atoms with Gasteiger partial charge in [-0.2, -0.15) is 0 Å². The van der Waals surface area contributed by atoms with Crippen LogP contribution in [0.25, 0.3) is 0 Å². The number of hydrogen-bond donors (Lipinski definition) is 0. The lowest BCUT2D eigenvalue weighted by molar-refractivity contribution is -0.249. The molecule has 0 N–H and O–H groups in total. The number of fused-ring (bicyclic) bond motifs is 1. The van der Waals surface area contributed by atoms with Crippen LogP contribution in [0.15, 0.2) is 4.99 Å². The molecule has 0 bridgehead atoms. The molecule has 2 rings (SSSR count). The van der Waals surface area contributed by atoms with E-state index in [1.807, 2.05) is 0 Å². The van der Waals surface area contributed by atoms with Crippen LogP contribution in [0.5, 0.6) is 0 Å². The fraction of sp³-hybridized carbons (Fsp3) is 0.714. The molecule has 128 valence electrons. The summed E-state index contributed by atoms with van der Waals surface area (Å²) in [6, 6.07) is -0.656. The Morgan fingerprint density at radius 2 is 1.65 bits per heavy atom. The summed E-state index contributed by atoms with van der Waals surface area (Å²) in [4.78, 5) is 38.1. The Bertz CT molecular complexity index is 531. The molecular weight excluding hydrogens is 310 g/mol. The van der Waals surface area contributed by atoms with E-state index >= 15 is 0 Å². The van der Waals surface area contributed by atoms with E-state index in [4.69, 9.17) is 23.7 Å². The molecule has 1 saturated heterocycles. The van der Waals surface area contributed by atoms with Gasteiger partial charge in [0.2, 0.25) is 6.29 Å². The Morgan fingerprint density at radius 1 is 1.04 bits per heavy atom. The van der Waals surface area contributed by atoms with Gasteiger partial charge in [-0.05, 0) is 0 Å². The van der Waals surface area contributed by atoms with Gasteiger partial charge in [-0.15, -0.1) is 0 Å². The molecule has 0 radical (unpaired) electrons. The van der Waals surface area contributed by atoms with E-state index in [-0.39, 0.29) is 6.61 Å². The Hall–Kier alpha value is -2.16. The molecule has 9 nitrogen and oxygen atoms in total. The van der Waals surface area contributed by atoms with Crippen LogP contribution in [0.1, 0.15) is 27.7 Å². The second-order valence-corrected chi connectivity index (χ2v) is 5.25. The molecule has 0 unspecified atom stereocenters. The van der Waals surface area contributed by atoms with Crippen LogP contribution in [0.2, 0.25) is 0 Å². The molecular formula is C14H19NO8. The molecule has 0 spiro atoms. The Morgan fingerprint density at radius 3 is 2.22 bits per heavy atom. The quantitative estimate of drug-likeness (QED) is 0.522. The van der Waals surface area contributed by atoms with Crippen molar-refractivity contribution >= 4 is 23.8 Å². The van der Waals surface area contributed by atoms with E-state index in [2.05, 4.69) is 4.99 Å². The first-order valence-electron chi connectivity index (χ1n) is 7.12. The van der Waals surface area contributed by atoms with Crippen LogP contribution >= 0.6 is 0 Å². The maximum Gasteiger partial charge on any atom is 0.303 e. The minimum Gasteiger partial charge on any atom is -0.463 e. The topological polar surface area (TPSA) is 110 Å². The summed E-state index contributed by atoms with van der Waals surface area (Å²) in [5, 5.41) is 0. The van der Waals surface area contributed by atoms with E-state index in [0.717, 1.165) is 0 Å². The van der Waals surface area contributed by atoms with Gasteiger partial charge < -0.3 is 23.7 Å². The van der Waals surface area contributed by atoms with Gasteiger partial charge in [0.15, 0.2) is 24.1 Å². The third kappa shape index (κ3) is 4.19. The maximum atomic E-state index is 11.4. The minimum atomic E-state index is -0.963. The van der Waals surface area contributed by atoms with Gasteiger partial charge in [-0.3, -0.25) is 14.4 Å². The van der Waals surface area contributed by atoms with E-state index in [0.29, 0.717) is 5.90 Å². The molecule has 0 aromatic carbocycles. The van der Waals surface area contributed by atoms with Crippen LogP contribution in [-0.4, -0.2) is 61.1 Å². The monoisotopic (exact) mass is 329 g/mol. The first kappa shape index (κ1) is 17.2. The Labute approximate surface area is 132 Å². The second-order valence-electron chi connectivity index (χ2n) is 5.25. The Balaban J connectivity index is 2.26. The maximum absolute atomic E-state index is 11.4. The molecule has 9 heteroatoms. The number of hydrogen-bond acceptors (Lipinski definition) is 9. The van der Waals surface area contributed by atoms with Crippen LogP contribution in [0, 0.1) is 0 Å². The van der Waals surface area contributed by atoms with Crippen LogP contribution < -0.4 is 0 Å². The van der Waals surface area contributed by atoms with Gasteiger partial charge >= 0.3 is 17.9 Å². The molecule has 5 atom stereocenters. The molecule has 2 aliphatic rings. The lowest BCUT2D eigenvalue weighted by Gasteiger charge is -2.40. The first-order valence-corrected chi connectivity index (χ1v) is 7.12. The summed E-state index contributed by atoms with van der Waals surface area (Å²) in [6.45, 7) is 5.17. The molecule has 0 aliphatic carbocycles. The zero-order chi connectivity index (χ0) is 17.1. The summed E-state index contributed by atoms with van der Waals surface area (Å²) >= 11 is 0. The highest BCUT2D eigenvalue weighted by atomic mass is 16.7. The van der Waals surface area contributed by atoms with Gasteiger partial charge in [0.05, 0.1) is 0 Å². The Kier molecular flexibility index (Phi) is 5.19. The van der Waals surface area contributed by atoms with Crippen molar-refractivity contribution in [1.29, 1.82) is 0 Å². The summed E-state index contributed by atoms with van der Waals surface area (Å²) < 4.78 is 26.5.